The molecule has 2 aromatic heterocycles. The van der Waals surface area contributed by atoms with E-state index in [4.69, 9.17) is 9.15 Å². The zero-order valence-corrected chi connectivity index (χ0v) is 18.1. The van der Waals surface area contributed by atoms with E-state index in [2.05, 4.69) is 34.2 Å². The minimum atomic E-state index is -0.749. The summed E-state index contributed by atoms with van der Waals surface area (Å²) in [7, 11) is 0. The summed E-state index contributed by atoms with van der Waals surface area (Å²) in [5.41, 5.74) is 0.524. The van der Waals surface area contributed by atoms with Crippen molar-refractivity contribution < 1.29 is 23.0 Å². The molecular formula is C23H24F2N4O3. The Morgan fingerprint density at radius 1 is 1.19 bits per heavy atom. The third kappa shape index (κ3) is 2.84. The summed E-state index contributed by atoms with van der Waals surface area (Å²) in [5.74, 6) is -0.804. The Balaban J connectivity index is 1.58. The summed E-state index contributed by atoms with van der Waals surface area (Å²) in [6.45, 7) is 5.85. The summed E-state index contributed by atoms with van der Waals surface area (Å²) < 4.78 is 41.0. The van der Waals surface area contributed by atoms with E-state index in [1.54, 1.807) is 6.07 Å². The summed E-state index contributed by atoms with van der Waals surface area (Å²) in [4.78, 5) is 0. The summed E-state index contributed by atoms with van der Waals surface area (Å²) in [5, 5.41) is 25.8. The summed E-state index contributed by atoms with van der Waals surface area (Å²) in [6, 6.07) is 5.50. The molecule has 1 saturated carbocycles. The number of rotatable bonds is 6. The second kappa shape index (κ2) is 7.38. The molecule has 2 aliphatic carbocycles. The Morgan fingerprint density at radius 3 is 2.59 bits per heavy atom. The monoisotopic (exact) mass is 442 g/mol. The van der Waals surface area contributed by atoms with Crippen LogP contribution >= 0.6 is 0 Å². The van der Waals surface area contributed by atoms with Crippen molar-refractivity contribution in [1.29, 1.82) is 0 Å². The van der Waals surface area contributed by atoms with Crippen LogP contribution in [0.15, 0.2) is 28.7 Å². The number of halogens is 2. The maximum atomic E-state index is 14.4. The first kappa shape index (κ1) is 21.1. The quantitative estimate of drug-likeness (QED) is 0.597. The van der Waals surface area contributed by atoms with Gasteiger partial charge in [-0.15, -0.1) is 15.3 Å². The maximum Gasteiger partial charge on any atom is 0.245 e. The topological polar surface area (TPSA) is 94.2 Å². The molecule has 2 bridgehead atoms. The summed E-state index contributed by atoms with van der Waals surface area (Å²) >= 11 is 0. The molecule has 2 aliphatic rings. The highest BCUT2D eigenvalue weighted by atomic mass is 19.1. The van der Waals surface area contributed by atoms with Crippen LogP contribution in [0.1, 0.15) is 75.1 Å². The van der Waals surface area contributed by atoms with E-state index in [0.717, 1.165) is 18.4 Å². The predicted molar refractivity (Wildman–Crippen MR) is 109 cm³/mol. The molecule has 3 atom stereocenters. The molecule has 5 rings (SSSR count). The van der Waals surface area contributed by atoms with Crippen molar-refractivity contribution >= 4 is 0 Å². The number of aromatic nitrogens is 4. The van der Waals surface area contributed by atoms with Gasteiger partial charge in [-0.1, -0.05) is 26.8 Å². The number of nitrogens with zero attached hydrogens (tertiary/aromatic N) is 4. The van der Waals surface area contributed by atoms with Crippen molar-refractivity contribution in [3.63, 3.8) is 0 Å². The van der Waals surface area contributed by atoms with Gasteiger partial charge < -0.3 is 14.3 Å². The molecule has 1 aromatic carbocycles. The zero-order chi connectivity index (χ0) is 22.7. The van der Waals surface area contributed by atoms with E-state index >= 15 is 0 Å². The van der Waals surface area contributed by atoms with Crippen molar-refractivity contribution in [3.8, 4) is 11.3 Å². The van der Waals surface area contributed by atoms with Crippen molar-refractivity contribution in [3.05, 3.63) is 58.9 Å². The molecule has 1 N–H and O–H groups in total. The van der Waals surface area contributed by atoms with Gasteiger partial charge in [-0.05, 0) is 48.9 Å². The number of hydrogen-bond donors (Lipinski definition) is 1. The van der Waals surface area contributed by atoms with Crippen LogP contribution in [0.5, 0.6) is 0 Å². The fourth-order valence-corrected chi connectivity index (χ4v) is 5.41. The molecule has 7 nitrogen and oxygen atoms in total. The fraction of sp³-hybridized carbons (Fsp3) is 0.478. The van der Waals surface area contributed by atoms with E-state index in [9.17, 15) is 13.9 Å². The van der Waals surface area contributed by atoms with E-state index in [1.165, 1.54) is 18.2 Å². The largest absolute Gasteiger partial charge is 0.420 e. The van der Waals surface area contributed by atoms with Gasteiger partial charge in [0, 0.05) is 5.41 Å². The smallest absolute Gasteiger partial charge is 0.245 e. The molecule has 0 saturated heterocycles. The number of fused-ring (bicyclic) bond motifs is 5. The highest BCUT2D eigenvalue weighted by Crippen LogP contribution is 2.68. The summed E-state index contributed by atoms with van der Waals surface area (Å²) in [6.07, 6.45) is 1.68. The van der Waals surface area contributed by atoms with Crippen molar-refractivity contribution in [2.45, 2.75) is 64.3 Å². The second-order valence-electron chi connectivity index (χ2n) is 8.98. The Labute approximate surface area is 183 Å². The van der Waals surface area contributed by atoms with Gasteiger partial charge in [0.2, 0.25) is 11.8 Å². The number of ether oxygens (including phenoxy) is 1. The fourth-order valence-electron chi connectivity index (χ4n) is 5.41. The highest BCUT2D eigenvalue weighted by Gasteiger charge is 2.65. The van der Waals surface area contributed by atoms with Crippen LogP contribution in [0, 0.1) is 17.0 Å². The number of hydrogen-bond acceptors (Lipinski definition) is 7. The Kier molecular flexibility index (Phi) is 4.86. The second-order valence-corrected chi connectivity index (χ2v) is 8.98. The van der Waals surface area contributed by atoms with Crippen molar-refractivity contribution in [2.24, 2.45) is 5.41 Å². The zero-order valence-electron chi connectivity index (χ0n) is 18.1. The molecule has 168 valence electrons. The van der Waals surface area contributed by atoms with Crippen molar-refractivity contribution in [1.82, 2.24) is 20.4 Å². The van der Waals surface area contributed by atoms with E-state index < -0.39 is 23.3 Å². The molecule has 9 heteroatoms. The van der Waals surface area contributed by atoms with Gasteiger partial charge in [-0.25, -0.2) is 8.78 Å². The minimum absolute atomic E-state index is 0.106. The van der Waals surface area contributed by atoms with Gasteiger partial charge in [-0.3, -0.25) is 0 Å². The Bertz CT molecular complexity index is 1160. The van der Waals surface area contributed by atoms with Gasteiger partial charge in [0.1, 0.15) is 29.9 Å². The predicted octanol–water partition coefficient (Wildman–Crippen LogP) is 4.58. The lowest BCUT2D eigenvalue weighted by atomic mass is 9.77. The molecule has 32 heavy (non-hydrogen) atoms. The molecule has 1 unspecified atom stereocenters. The van der Waals surface area contributed by atoms with Crippen LogP contribution in [-0.4, -0.2) is 25.5 Å². The van der Waals surface area contributed by atoms with Crippen LogP contribution in [0.2, 0.25) is 0 Å². The Hall–Kier alpha value is -2.78. The lowest BCUT2D eigenvalue weighted by Crippen LogP contribution is -2.39. The maximum absolute atomic E-state index is 14.4. The van der Waals surface area contributed by atoms with E-state index in [0.29, 0.717) is 18.0 Å². The minimum Gasteiger partial charge on any atom is -0.420 e. The van der Waals surface area contributed by atoms with Crippen molar-refractivity contribution in [2.75, 3.05) is 0 Å². The lowest BCUT2D eigenvalue weighted by Gasteiger charge is -2.39. The Morgan fingerprint density at radius 2 is 1.94 bits per heavy atom. The number of benzene rings is 1. The molecule has 0 amide bonds. The third-order valence-corrected chi connectivity index (χ3v) is 7.10. The van der Waals surface area contributed by atoms with E-state index in [-0.39, 0.29) is 35.1 Å². The van der Waals surface area contributed by atoms with Gasteiger partial charge in [-0.2, -0.15) is 5.10 Å². The molecule has 0 aliphatic heterocycles. The number of aliphatic hydroxyl groups excluding tert-OH is 1. The van der Waals surface area contributed by atoms with Crippen LogP contribution in [-0.2, 0) is 16.9 Å². The van der Waals surface area contributed by atoms with Gasteiger partial charge in [0.25, 0.3) is 0 Å². The third-order valence-electron chi connectivity index (χ3n) is 7.10. The molecule has 1 fully saturated rings. The first-order valence-corrected chi connectivity index (χ1v) is 10.8. The van der Waals surface area contributed by atoms with Crippen LogP contribution in [0.3, 0.4) is 0 Å². The van der Waals surface area contributed by atoms with Crippen LogP contribution < -0.4 is 0 Å². The van der Waals surface area contributed by atoms with Gasteiger partial charge >= 0.3 is 0 Å². The SMILES string of the molecule is CCC(O[C@@]12CC[C@@H](c3cc(-c4c(F)cccc4F)nnc31)C2(C)C)c1nnc(CO)o1. The van der Waals surface area contributed by atoms with Crippen LogP contribution in [0.25, 0.3) is 11.3 Å². The van der Waals surface area contributed by atoms with Gasteiger partial charge in [0.15, 0.2) is 0 Å². The normalized spacial score (nSPS) is 24.0. The average molecular weight is 442 g/mol. The molecule has 2 heterocycles. The lowest BCUT2D eigenvalue weighted by molar-refractivity contribution is -0.158. The highest BCUT2D eigenvalue weighted by molar-refractivity contribution is 5.63. The number of aliphatic hydroxyl groups is 1. The van der Waals surface area contributed by atoms with Gasteiger partial charge in [0.05, 0.1) is 17.0 Å². The molecule has 0 radical (unpaired) electrons. The molecular weight excluding hydrogens is 418 g/mol. The first-order valence-electron chi connectivity index (χ1n) is 10.8. The van der Waals surface area contributed by atoms with E-state index in [1.807, 2.05) is 6.92 Å². The molecule has 3 aromatic rings. The average Bonchev–Trinajstić information content (AvgIpc) is 3.39. The standard InChI is InChI=1S/C23H24F2N4O3/c1-4-17(21-29-27-18(11-30)31-21)32-23-9-8-13(22(23,2)3)12-10-16(26-28-20(12)23)19-14(24)6-5-7-15(19)25/h5-7,10,13,17,30H,4,8-9,11H2,1-3H3/t13-,17?,23-/m0/s1. The molecule has 0 spiro atoms. The van der Waals surface area contributed by atoms with Crippen LogP contribution in [0.4, 0.5) is 8.78 Å². The first-order chi connectivity index (χ1) is 15.3.